The average molecular weight is 170 g/mol. The Morgan fingerprint density at radius 2 is 2.00 bits per heavy atom. The molecule has 0 aliphatic carbocycles. The molecule has 12 heavy (non-hydrogen) atoms. The fraction of sp³-hybridized carbons (Fsp3) is 0.636. The number of alkyl halides is 1. The maximum absolute atomic E-state index is 13.8. The minimum atomic E-state index is -1.32. The average Bonchev–Trinajstić information content (AvgIpc) is 1.99. The molecule has 0 saturated heterocycles. The molecule has 0 saturated carbocycles. The summed E-state index contributed by atoms with van der Waals surface area (Å²) in [6, 6.07) is 0. The van der Waals surface area contributed by atoms with Crippen LogP contribution in [0.5, 0.6) is 0 Å². The number of halogens is 1. The minimum absolute atomic E-state index is 0.576. The molecule has 0 bridgehead atoms. The standard InChI is InChI=1S/C11H19F/c1-6-7-8-10(4)11(5,12)9(2)3/h8H,2,6-7H2,1,3-5H3/b10-8-. The third-order valence-corrected chi connectivity index (χ3v) is 2.28. The van der Waals surface area contributed by atoms with E-state index in [9.17, 15) is 4.39 Å². The molecule has 0 aliphatic rings. The summed E-state index contributed by atoms with van der Waals surface area (Å²) in [7, 11) is 0. The molecule has 1 unspecified atom stereocenters. The molecule has 0 nitrogen and oxygen atoms in total. The third kappa shape index (κ3) is 2.80. The van der Waals surface area contributed by atoms with Crippen LogP contribution in [0.25, 0.3) is 0 Å². The lowest BCUT2D eigenvalue weighted by atomic mass is 9.91. The Balaban J connectivity index is 4.44. The van der Waals surface area contributed by atoms with Gasteiger partial charge in [0.1, 0.15) is 5.67 Å². The smallest absolute Gasteiger partial charge is 0.149 e. The molecule has 0 rings (SSSR count). The Bertz CT molecular complexity index is 187. The van der Waals surface area contributed by atoms with Gasteiger partial charge in [0, 0.05) is 0 Å². The molecule has 0 aromatic rings. The van der Waals surface area contributed by atoms with Crippen molar-refractivity contribution in [3.8, 4) is 0 Å². The van der Waals surface area contributed by atoms with Crippen LogP contribution in [0, 0.1) is 0 Å². The molecule has 1 atom stereocenters. The van der Waals surface area contributed by atoms with E-state index >= 15 is 0 Å². The number of unbranched alkanes of at least 4 members (excludes halogenated alkanes) is 1. The van der Waals surface area contributed by atoms with Crippen LogP contribution in [0.3, 0.4) is 0 Å². The maximum atomic E-state index is 13.8. The van der Waals surface area contributed by atoms with E-state index in [1.165, 1.54) is 0 Å². The lowest BCUT2D eigenvalue weighted by molar-refractivity contribution is 0.290. The van der Waals surface area contributed by atoms with Gasteiger partial charge in [-0.05, 0) is 38.3 Å². The second-order valence-corrected chi connectivity index (χ2v) is 3.46. The largest absolute Gasteiger partial charge is 0.234 e. The second-order valence-electron chi connectivity index (χ2n) is 3.46. The van der Waals surface area contributed by atoms with Gasteiger partial charge in [-0.15, -0.1) is 0 Å². The summed E-state index contributed by atoms with van der Waals surface area (Å²) in [6.07, 6.45) is 3.96. The Hall–Kier alpha value is -0.590. The van der Waals surface area contributed by atoms with E-state index in [0.29, 0.717) is 5.57 Å². The zero-order valence-electron chi connectivity index (χ0n) is 8.58. The molecule has 1 heteroatoms. The molecule has 0 amide bonds. The van der Waals surface area contributed by atoms with Crippen LogP contribution in [0.4, 0.5) is 4.39 Å². The Labute approximate surface area is 75.2 Å². The molecule has 0 heterocycles. The van der Waals surface area contributed by atoms with Crippen molar-refractivity contribution in [3.05, 3.63) is 23.8 Å². The van der Waals surface area contributed by atoms with Crippen LogP contribution in [-0.4, -0.2) is 5.67 Å². The predicted octanol–water partition coefficient (Wildman–Crippen LogP) is 4.04. The van der Waals surface area contributed by atoms with Crippen molar-refractivity contribution in [2.75, 3.05) is 0 Å². The van der Waals surface area contributed by atoms with Crippen molar-refractivity contribution in [2.24, 2.45) is 0 Å². The molecular weight excluding hydrogens is 151 g/mol. The van der Waals surface area contributed by atoms with E-state index in [2.05, 4.69) is 13.5 Å². The first-order valence-corrected chi connectivity index (χ1v) is 4.45. The van der Waals surface area contributed by atoms with Gasteiger partial charge in [-0.3, -0.25) is 0 Å². The highest BCUT2D eigenvalue weighted by Gasteiger charge is 2.25. The summed E-state index contributed by atoms with van der Waals surface area (Å²) >= 11 is 0. The first-order valence-electron chi connectivity index (χ1n) is 4.45. The summed E-state index contributed by atoms with van der Waals surface area (Å²) in [5.41, 5.74) is 0.0269. The van der Waals surface area contributed by atoms with Crippen molar-refractivity contribution in [1.82, 2.24) is 0 Å². The quantitative estimate of drug-likeness (QED) is 0.559. The van der Waals surface area contributed by atoms with Gasteiger partial charge < -0.3 is 0 Å². The SMILES string of the molecule is C=C(C)C(C)(F)/C(C)=C\CCC. The highest BCUT2D eigenvalue weighted by molar-refractivity contribution is 5.26. The van der Waals surface area contributed by atoms with Crippen LogP contribution in [0.1, 0.15) is 40.5 Å². The molecule has 0 radical (unpaired) electrons. The zero-order valence-corrected chi connectivity index (χ0v) is 8.58. The Morgan fingerprint density at radius 1 is 1.50 bits per heavy atom. The maximum Gasteiger partial charge on any atom is 0.149 e. The summed E-state index contributed by atoms with van der Waals surface area (Å²) < 4.78 is 13.8. The van der Waals surface area contributed by atoms with Gasteiger partial charge in [0.25, 0.3) is 0 Å². The van der Waals surface area contributed by atoms with Gasteiger partial charge in [0.2, 0.25) is 0 Å². The monoisotopic (exact) mass is 170 g/mol. The summed E-state index contributed by atoms with van der Waals surface area (Å²) in [4.78, 5) is 0. The molecule has 0 aromatic carbocycles. The van der Waals surface area contributed by atoms with Gasteiger partial charge in [0.05, 0.1) is 0 Å². The Morgan fingerprint density at radius 3 is 2.33 bits per heavy atom. The topological polar surface area (TPSA) is 0 Å². The first kappa shape index (κ1) is 11.4. The van der Waals surface area contributed by atoms with Crippen LogP contribution in [-0.2, 0) is 0 Å². The third-order valence-electron chi connectivity index (χ3n) is 2.28. The van der Waals surface area contributed by atoms with E-state index < -0.39 is 5.67 Å². The summed E-state index contributed by atoms with van der Waals surface area (Å²) in [5.74, 6) is 0. The normalized spacial score (nSPS) is 17.2. The predicted molar refractivity (Wildman–Crippen MR) is 53.0 cm³/mol. The van der Waals surface area contributed by atoms with E-state index in [1.54, 1.807) is 13.8 Å². The van der Waals surface area contributed by atoms with Crippen molar-refractivity contribution in [3.63, 3.8) is 0 Å². The zero-order chi connectivity index (χ0) is 9.78. The fourth-order valence-electron chi connectivity index (χ4n) is 0.889. The van der Waals surface area contributed by atoms with Gasteiger partial charge in [-0.2, -0.15) is 0 Å². The molecule has 0 aromatic heterocycles. The highest BCUT2D eigenvalue weighted by Crippen LogP contribution is 2.28. The van der Waals surface area contributed by atoms with Crippen molar-refractivity contribution < 1.29 is 4.39 Å². The second kappa shape index (κ2) is 4.44. The van der Waals surface area contributed by atoms with Crippen molar-refractivity contribution >= 4 is 0 Å². The van der Waals surface area contributed by atoms with E-state index in [1.807, 2.05) is 13.0 Å². The lowest BCUT2D eigenvalue weighted by Crippen LogP contribution is -2.20. The van der Waals surface area contributed by atoms with Crippen LogP contribution in [0.2, 0.25) is 0 Å². The van der Waals surface area contributed by atoms with Crippen LogP contribution in [0.15, 0.2) is 23.8 Å². The molecule has 70 valence electrons. The van der Waals surface area contributed by atoms with E-state index in [-0.39, 0.29) is 0 Å². The number of hydrogen-bond donors (Lipinski definition) is 0. The van der Waals surface area contributed by atoms with E-state index in [4.69, 9.17) is 0 Å². The van der Waals surface area contributed by atoms with Crippen LogP contribution < -0.4 is 0 Å². The number of allylic oxidation sites excluding steroid dienone is 3. The van der Waals surface area contributed by atoms with Gasteiger partial charge in [0.15, 0.2) is 0 Å². The fourth-order valence-corrected chi connectivity index (χ4v) is 0.889. The molecule has 0 spiro atoms. The first-order chi connectivity index (χ1) is 5.42. The van der Waals surface area contributed by atoms with Crippen molar-refractivity contribution in [1.29, 1.82) is 0 Å². The lowest BCUT2D eigenvalue weighted by Gasteiger charge is -2.21. The Kier molecular flexibility index (Phi) is 4.22. The highest BCUT2D eigenvalue weighted by atomic mass is 19.1. The molecule has 0 aliphatic heterocycles. The molecule has 0 fully saturated rings. The molecule has 0 N–H and O–H groups in total. The minimum Gasteiger partial charge on any atom is -0.234 e. The summed E-state index contributed by atoms with van der Waals surface area (Å²) in [6.45, 7) is 10.8. The van der Waals surface area contributed by atoms with Gasteiger partial charge in [-0.25, -0.2) is 4.39 Å². The summed E-state index contributed by atoms with van der Waals surface area (Å²) in [5, 5.41) is 0. The number of rotatable bonds is 4. The van der Waals surface area contributed by atoms with E-state index in [0.717, 1.165) is 18.4 Å². The van der Waals surface area contributed by atoms with Gasteiger partial charge >= 0.3 is 0 Å². The van der Waals surface area contributed by atoms with Crippen molar-refractivity contribution in [2.45, 2.75) is 46.2 Å². The van der Waals surface area contributed by atoms with Gasteiger partial charge in [-0.1, -0.05) is 26.0 Å². The van der Waals surface area contributed by atoms with Crippen LogP contribution >= 0.6 is 0 Å². The number of hydrogen-bond acceptors (Lipinski definition) is 0. The molecular formula is C11H19F.